The van der Waals surface area contributed by atoms with Gasteiger partial charge in [0, 0.05) is 43.3 Å². The Labute approximate surface area is 293 Å². The topological polar surface area (TPSA) is 144 Å². The average molecular weight is 692 g/mol. The maximum Gasteiger partial charge on any atom is 0.257 e. The Kier molecular flexibility index (Phi) is 11.5. The van der Waals surface area contributed by atoms with E-state index in [0.29, 0.717) is 41.1 Å². The number of carbonyl (C=O) groups is 3. The molecule has 13 nitrogen and oxygen atoms in total. The first kappa shape index (κ1) is 36.9. The van der Waals surface area contributed by atoms with Gasteiger partial charge >= 0.3 is 0 Å². The molecule has 1 aromatic heterocycles. The molecule has 4 N–H and O–H groups in total. The fourth-order valence-corrected chi connectivity index (χ4v) is 6.37. The first-order valence-corrected chi connectivity index (χ1v) is 17.3. The van der Waals surface area contributed by atoms with Crippen molar-refractivity contribution >= 4 is 51.5 Å². The molecule has 0 bridgehead atoms. The molecule has 2 saturated heterocycles. The van der Waals surface area contributed by atoms with Gasteiger partial charge < -0.3 is 35.8 Å². The summed E-state index contributed by atoms with van der Waals surface area (Å²) in [7, 11) is 3.11. The van der Waals surface area contributed by atoms with Crippen LogP contribution in [0, 0.1) is 11.2 Å². The van der Waals surface area contributed by atoms with Crippen LogP contribution in [0.4, 0.5) is 27.3 Å². The molecule has 3 amide bonds. The fourth-order valence-electron chi connectivity index (χ4n) is 6.37. The molecule has 2 aliphatic heterocycles. The number of imide groups is 1. The van der Waals surface area contributed by atoms with E-state index in [1.165, 1.54) is 19.5 Å². The number of piperazine rings is 1. The number of anilines is 4. The first-order chi connectivity index (χ1) is 23.9. The van der Waals surface area contributed by atoms with Gasteiger partial charge in [-0.1, -0.05) is 27.7 Å². The Morgan fingerprint density at radius 3 is 2.46 bits per heavy atom. The number of hydrogen-bond acceptors (Lipinski definition) is 11. The van der Waals surface area contributed by atoms with Gasteiger partial charge in [-0.3, -0.25) is 14.4 Å². The van der Waals surface area contributed by atoms with Gasteiger partial charge in [0.25, 0.3) is 11.8 Å². The molecule has 0 spiro atoms. The zero-order chi connectivity index (χ0) is 36.2. The minimum absolute atomic E-state index is 0.180. The SMILES string of the molecule is CCN1CCN(c2ccc(Nc3ncnc4cc(OC)c(N(C(=O)[C@@H]5CCCN5)C(=O)[C@@H](NC(=O)[C@H](C)NC)C(C)(C)C)cc34)cc2F)CC1. The first-order valence-electron chi connectivity index (χ1n) is 17.3. The van der Waals surface area contributed by atoms with E-state index < -0.39 is 35.4 Å². The highest BCUT2D eigenvalue weighted by Crippen LogP contribution is 2.38. The smallest absolute Gasteiger partial charge is 0.257 e. The molecule has 0 saturated carbocycles. The van der Waals surface area contributed by atoms with Crippen LogP contribution in [-0.4, -0.2) is 104 Å². The number of amides is 3. The highest BCUT2D eigenvalue weighted by molar-refractivity contribution is 6.20. The Morgan fingerprint density at radius 1 is 1.12 bits per heavy atom. The van der Waals surface area contributed by atoms with Crippen molar-refractivity contribution in [3.05, 3.63) is 42.5 Å². The molecule has 3 atom stereocenters. The second-order valence-electron chi connectivity index (χ2n) is 14.0. The van der Waals surface area contributed by atoms with Crippen molar-refractivity contribution in [2.45, 2.75) is 65.6 Å². The predicted octanol–water partition coefficient (Wildman–Crippen LogP) is 3.41. The zero-order valence-electron chi connectivity index (χ0n) is 30.1. The summed E-state index contributed by atoms with van der Waals surface area (Å²) < 4.78 is 21.2. The van der Waals surface area contributed by atoms with Crippen LogP contribution in [0.25, 0.3) is 10.9 Å². The summed E-state index contributed by atoms with van der Waals surface area (Å²) in [6.45, 7) is 14.2. The normalized spacial score (nSPS) is 18.1. The van der Waals surface area contributed by atoms with Gasteiger partial charge in [0.15, 0.2) is 0 Å². The number of ether oxygens (including phenoxy) is 1. The lowest BCUT2D eigenvalue weighted by Crippen LogP contribution is -2.60. The van der Waals surface area contributed by atoms with E-state index in [1.807, 2.05) is 20.8 Å². The molecular formula is C36H50FN9O4. The number of nitrogens with one attached hydrogen (secondary N) is 4. The number of aromatic nitrogens is 2. The summed E-state index contributed by atoms with van der Waals surface area (Å²) in [5.41, 5.74) is 0.922. The Balaban J connectivity index is 1.54. The molecule has 0 radical (unpaired) electrons. The second kappa shape index (κ2) is 15.7. The molecule has 0 unspecified atom stereocenters. The summed E-state index contributed by atoms with van der Waals surface area (Å²) >= 11 is 0. The molecule has 14 heteroatoms. The quantitative estimate of drug-likeness (QED) is 0.235. The largest absolute Gasteiger partial charge is 0.494 e. The number of methoxy groups -OCH3 is 1. The summed E-state index contributed by atoms with van der Waals surface area (Å²) in [4.78, 5) is 56.4. The van der Waals surface area contributed by atoms with Gasteiger partial charge in [-0.15, -0.1) is 0 Å². The van der Waals surface area contributed by atoms with Crippen molar-refractivity contribution in [1.29, 1.82) is 0 Å². The highest BCUT2D eigenvalue weighted by Gasteiger charge is 2.42. The lowest BCUT2D eigenvalue weighted by Gasteiger charge is -2.36. The molecule has 0 aliphatic carbocycles. The maximum absolute atomic E-state index is 15.5. The Morgan fingerprint density at radius 2 is 1.86 bits per heavy atom. The van der Waals surface area contributed by atoms with Crippen molar-refractivity contribution in [2.75, 3.05) is 68.5 Å². The zero-order valence-corrected chi connectivity index (χ0v) is 30.1. The van der Waals surface area contributed by atoms with Gasteiger partial charge in [-0.25, -0.2) is 19.3 Å². The third-order valence-electron chi connectivity index (χ3n) is 9.57. The van der Waals surface area contributed by atoms with Crippen LogP contribution in [0.5, 0.6) is 5.75 Å². The summed E-state index contributed by atoms with van der Waals surface area (Å²) in [5, 5.41) is 12.7. The second-order valence-corrected chi connectivity index (χ2v) is 14.0. The lowest BCUT2D eigenvalue weighted by molar-refractivity contribution is -0.134. The average Bonchev–Trinajstić information content (AvgIpc) is 3.65. The van der Waals surface area contributed by atoms with E-state index in [2.05, 4.69) is 48.0 Å². The van der Waals surface area contributed by atoms with Crippen LogP contribution in [-0.2, 0) is 14.4 Å². The molecule has 2 fully saturated rings. The molecule has 270 valence electrons. The summed E-state index contributed by atoms with van der Waals surface area (Å²) in [5.74, 6) is -1.20. The number of benzene rings is 2. The van der Waals surface area contributed by atoms with E-state index >= 15 is 4.39 Å². The van der Waals surface area contributed by atoms with Crippen LogP contribution < -0.4 is 35.8 Å². The van der Waals surface area contributed by atoms with E-state index in [-0.39, 0.29) is 23.2 Å². The Bertz CT molecular complexity index is 1700. The maximum atomic E-state index is 15.5. The predicted molar refractivity (Wildman–Crippen MR) is 194 cm³/mol. The number of likely N-dealkylation sites (N-methyl/N-ethyl adjacent to an activating group) is 2. The number of fused-ring (bicyclic) bond motifs is 1. The minimum atomic E-state index is -1.06. The third kappa shape index (κ3) is 7.98. The minimum Gasteiger partial charge on any atom is -0.494 e. The molecule has 3 aromatic rings. The standard InChI is InChI=1S/C36H50FN9O4/c1-8-44-14-16-45(17-15-44)28-12-11-23(18-25(28)37)42-32-24-19-29(30(50-7)20-27(24)40-21-41-32)46(34(48)26-10-9-13-39-26)35(49)31(36(3,4)5)43-33(47)22(2)38-6/h11-12,18-22,26,31,38-39H,8-10,13-17H2,1-7H3,(H,43,47)(H,40,41,42)/t22-,26-,31+/m0/s1. The monoisotopic (exact) mass is 691 g/mol. The number of nitrogens with zero attached hydrogens (tertiary/aromatic N) is 5. The van der Waals surface area contributed by atoms with Crippen LogP contribution in [0.2, 0.25) is 0 Å². The third-order valence-corrected chi connectivity index (χ3v) is 9.57. The summed E-state index contributed by atoms with van der Waals surface area (Å²) in [6.07, 6.45) is 2.71. The van der Waals surface area contributed by atoms with Crippen LogP contribution in [0.1, 0.15) is 47.5 Å². The molecule has 2 aliphatic rings. The Hall–Kier alpha value is -4.40. The van der Waals surface area contributed by atoms with Crippen LogP contribution in [0.15, 0.2) is 36.7 Å². The molecule has 5 rings (SSSR count). The van der Waals surface area contributed by atoms with Crippen LogP contribution >= 0.6 is 0 Å². The van der Waals surface area contributed by atoms with Crippen molar-refractivity contribution in [2.24, 2.45) is 5.41 Å². The van der Waals surface area contributed by atoms with Gasteiger partial charge in [0.2, 0.25) is 5.91 Å². The van der Waals surface area contributed by atoms with Crippen molar-refractivity contribution in [1.82, 2.24) is 30.8 Å². The molecule has 50 heavy (non-hydrogen) atoms. The van der Waals surface area contributed by atoms with Gasteiger partial charge in [0.1, 0.15) is 29.8 Å². The van der Waals surface area contributed by atoms with Gasteiger partial charge in [0.05, 0.1) is 36.1 Å². The number of carbonyl (C=O) groups excluding carboxylic acids is 3. The molecule has 3 heterocycles. The highest BCUT2D eigenvalue weighted by atomic mass is 19.1. The van der Waals surface area contributed by atoms with Gasteiger partial charge in [-0.05, 0) is 69.6 Å². The number of hydrogen-bond donors (Lipinski definition) is 4. The van der Waals surface area contributed by atoms with Crippen molar-refractivity contribution < 1.29 is 23.5 Å². The van der Waals surface area contributed by atoms with E-state index in [0.717, 1.165) is 44.0 Å². The van der Waals surface area contributed by atoms with Gasteiger partial charge in [-0.2, -0.15) is 0 Å². The van der Waals surface area contributed by atoms with Crippen molar-refractivity contribution in [3.8, 4) is 5.75 Å². The van der Waals surface area contributed by atoms with E-state index in [1.54, 1.807) is 38.2 Å². The van der Waals surface area contributed by atoms with Crippen LogP contribution in [0.3, 0.4) is 0 Å². The lowest BCUT2D eigenvalue weighted by atomic mass is 9.85. The van der Waals surface area contributed by atoms with E-state index in [9.17, 15) is 14.4 Å². The molecule has 2 aromatic carbocycles. The summed E-state index contributed by atoms with van der Waals surface area (Å²) in [6, 6.07) is 6.04. The fraction of sp³-hybridized carbons (Fsp3) is 0.528. The molecular weight excluding hydrogens is 641 g/mol. The van der Waals surface area contributed by atoms with Crippen molar-refractivity contribution in [3.63, 3.8) is 0 Å². The number of halogens is 1. The van der Waals surface area contributed by atoms with E-state index in [4.69, 9.17) is 4.74 Å². The number of rotatable bonds is 11.